The quantitative estimate of drug-likeness (QED) is 0.375. The molecule has 1 N–H and O–H groups in total. The largest absolute Gasteiger partial charge is 0.407 e. The zero-order chi connectivity index (χ0) is 24.2. The molecule has 0 radical (unpaired) electrons. The lowest BCUT2D eigenvalue weighted by Gasteiger charge is -2.43. The van der Waals surface area contributed by atoms with E-state index in [2.05, 4.69) is 119 Å². The molecule has 4 rings (SSSR count). The summed E-state index contributed by atoms with van der Waals surface area (Å²) < 4.78 is 7.12. The molecule has 3 heteroatoms. The maximum atomic E-state index is 7.12. The van der Waals surface area contributed by atoms with Gasteiger partial charge in [-0.05, 0) is 63.7 Å². The number of hydrogen-bond acceptors (Lipinski definition) is 2. The monoisotopic (exact) mass is 471 g/mol. The molecule has 0 atom stereocenters. The molecule has 0 saturated heterocycles. The first-order valence-electron chi connectivity index (χ1n) is 12.9. The Bertz CT molecular complexity index is 1030. The lowest BCUT2D eigenvalue weighted by Crippen LogP contribution is -2.66. The van der Waals surface area contributed by atoms with Gasteiger partial charge in [0.25, 0.3) is 8.32 Å². The summed E-state index contributed by atoms with van der Waals surface area (Å²) in [4.78, 5) is 0. The molecule has 0 aliphatic carbocycles. The van der Waals surface area contributed by atoms with Crippen molar-refractivity contribution < 1.29 is 4.43 Å². The van der Waals surface area contributed by atoms with Crippen LogP contribution >= 0.6 is 0 Å². The van der Waals surface area contributed by atoms with Crippen LogP contribution in [0.2, 0.25) is 5.04 Å². The highest BCUT2D eigenvalue weighted by Gasteiger charge is 2.50. The number of hydrogen-bond donors (Lipinski definition) is 1. The van der Waals surface area contributed by atoms with Crippen LogP contribution in [-0.2, 0) is 17.3 Å². The minimum absolute atomic E-state index is 0.0112. The fourth-order valence-corrected chi connectivity index (χ4v) is 10.3. The van der Waals surface area contributed by atoms with Crippen LogP contribution in [-0.4, -0.2) is 21.5 Å². The van der Waals surface area contributed by atoms with Gasteiger partial charge in [0.15, 0.2) is 0 Å². The fraction of sp³-hybridized carbons (Fsp3) is 0.419. The second-order valence-corrected chi connectivity index (χ2v) is 15.3. The fourth-order valence-electron chi connectivity index (χ4n) is 5.70. The number of benzene rings is 3. The molecule has 0 bridgehead atoms. The predicted molar refractivity (Wildman–Crippen MR) is 149 cm³/mol. The van der Waals surface area contributed by atoms with Crippen molar-refractivity contribution in [2.75, 3.05) is 18.5 Å². The molecule has 3 aromatic rings. The van der Waals surface area contributed by atoms with Crippen LogP contribution in [0, 0.1) is 5.41 Å². The van der Waals surface area contributed by atoms with Crippen LogP contribution in [0.15, 0.2) is 78.9 Å². The Morgan fingerprint density at radius 3 is 1.97 bits per heavy atom. The Balaban J connectivity index is 1.60. The van der Waals surface area contributed by atoms with Crippen LogP contribution < -0.4 is 15.7 Å². The third kappa shape index (κ3) is 4.74. The molecule has 0 fully saturated rings. The third-order valence-corrected chi connectivity index (χ3v) is 13.1. The maximum absolute atomic E-state index is 7.12. The average molecular weight is 472 g/mol. The van der Waals surface area contributed by atoms with Crippen molar-refractivity contribution in [2.45, 2.75) is 65.3 Å². The minimum atomic E-state index is -2.48. The molecule has 3 aromatic carbocycles. The van der Waals surface area contributed by atoms with E-state index in [0.717, 1.165) is 19.6 Å². The molecule has 180 valence electrons. The summed E-state index contributed by atoms with van der Waals surface area (Å²) in [6.07, 6.45) is 4.54. The third-order valence-electron chi connectivity index (χ3n) is 8.02. The lowest BCUT2D eigenvalue weighted by atomic mass is 9.74. The Kier molecular flexibility index (Phi) is 7.35. The summed E-state index contributed by atoms with van der Waals surface area (Å²) in [7, 11) is -2.48. The lowest BCUT2D eigenvalue weighted by molar-refractivity contribution is 0.273. The molecule has 1 heterocycles. The van der Waals surface area contributed by atoms with Crippen LogP contribution in [0.4, 0.5) is 5.69 Å². The van der Waals surface area contributed by atoms with Gasteiger partial charge in [0.2, 0.25) is 0 Å². The highest BCUT2D eigenvalue weighted by molar-refractivity contribution is 6.99. The molecule has 0 spiro atoms. The van der Waals surface area contributed by atoms with Crippen molar-refractivity contribution in [1.29, 1.82) is 0 Å². The van der Waals surface area contributed by atoms with Gasteiger partial charge in [0.05, 0.1) is 0 Å². The Labute approximate surface area is 207 Å². The molecular weight excluding hydrogens is 430 g/mol. The first-order chi connectivity index (χ1) is 16.3. The van der Waals surface area contributed by atoms with E-state index < -0.39 is 8.32 Å². The second-order valence-electron chi connectivity index (χ2n) is 11.0. The Hall–Kier alpha value is -2.36. The standard InChI is InChI=1S/C31H41NOSi/c1-6-31(7-2)23-26-22-25(18-19-29(26)32-24-31)20-21-33-34(30(3,4)5,27-14-10-8-11-15-27)28-16-12-9-13-17-28/h8-19,22,32H,6-7,20-21,23-24H2,1-5H3. The predicted octanol–water partition coefficient (Wildman–Crippen LogP) is 6.58. The molecule has 0 aromatic heterocycles. The van der Waals surface area contributed by atoms with Crippen LogP contribution in [0.1, 0.15) is 58.6 Å². The number of rotatable bonds is 8. The first kappa shape index (κ1) is 24.8. The summed E-state index contributed by atoms with van der Waals surface area (Å²) in [5, 5.41) is 6.41. The molecule has 2 nitrogen and oxygen atoms in total. The molecule has 1 aliphatic heterocycles. The van der Waals surface area contributed by atoms with E-state index in [9.17, 15) is 0 Å². The molecule has 0 amide bonds. The van der Waals surface area contributed by atoms with Crippen LogP contribution in [0.3, 0.4) is 0 Å². The van der Waals surface area contributed by atoms with Gasteiger partial charge in [0, 0.05) is 18.8 Å². The van der Waals surface area contributed by atoms with E-state index in [1.165, 1.54) is 46.5 Å². The second kappa shape index (κ2) is 10.1. The number of anilines is 1. The molecule has 34 heavy (non-hydrogen) atoms. The van der Waals surface area contributed by atoms with Crippen molar-refractivity contribution in [2.24, 2.45) is 5.41 Å². The van der Waals surface area contributed by atoms with Crippen molar-refractivity contribution in [3.8, 4) is 0 Å². The molecule has 0 saturated carbocycles. The summed E-state index contributed by atoms with van der Waals surface area (Å²) >= 11 is 0. The van der Waals surface area contributed by atoms with Crippen molar-refractivity contribution in [3.63, 3.8) is 0 Å². The summed E-state index contributed by atoms with van der Waals surface area (Å²) in [6.45, 7) is 13.5. The van der Waals surface area contributed by atoms with E-state index in [4.69, 9.17) is 4.43 Å². The smallest absolute Gasteiger partial charge is 0.261 e. The normalized spacial score (nSPS) is 15.4. The topological polar surface area (TPSA) is 21.3 Å². The minimum Gasteiger partial charge on any atom is -0.407 e. The zero-order valence-electron chi connectivity index (χ0n) is 21.7. The number of nitrogens with one attached hydrogen (secondary N) is 1. The highest BCUT2D eigenvalue weighted by atomic mass is 28.4. The summed E-state index contributed by atoms with van der Waals surface area (Å²) in [5.74, 6) is 0. The van der Waals surface area contributed by atoms with Crippen molar-refractivity contribution in [3.05, 3.63) is 90.0 Å². The van der Waals surface area contributed by atoms with E-state index in [-0.39, 0.29) is 5.04 Å². The van der Waals surface area contributed by atoms with Crippen LogP contribution in [0.25, 0.3) is 0 Å². The number of fused-ring (bicyclic) bond motifs is 1. The molecule has 0 unspecified atom stereocenters. The Morgan fingerprint density at radius 1 is 0.853 bits per heavy atom. The Morgan fingerprint density at radius 2 is 1.44 bits per heavy atom. The van der Waals surface area contributed by atoms with Gasteiger partial charge in [-0.1, -0.05) is 107 Å². The van der Waals surface area contributed by atoms with Gasteiger partial charge in [-0.15, -0.1) is 0 Å². The molecular formula is C31H41NOSi. The first-order valence-corrected chi connectivity index (χ1v) is 14.8. The molecule has 1 aliphatic rings. The van der Waals surface area contributed by atoms with E-state index >= 15 is 0 Å². The maximum Gasteiger partial charge on any atom is 0.261 e. The zero-order valence-corrected chi connectivity index (χ0v) is 22.7. The van der Waals surface area contributed by atoms with E-state index in [1.54, 1.807) is 0 Å². The van der Waals surface area contributed by atoms with Gasteiger partial charge in [-0.25, -0.2) is 0 Å². The van der Waals surface area contributed by atoms with Gasteiger partial charge < -0.3 is 9.74 Å². The summed E-state index contributed by atoms with van der Waals surface area (Å²) in [5.41, 5.74) is 4.55. The van der Waals surface area contributed by atoms with Gasteiger partial charge in [-0.2, -0.15) is 0 Å². The van der Waals surface area contributed by atoms with Crippen molar-refractivity contribution >= 4 is 24.4 Å². The van der Waals surface area contributed by atoms with Crippen LogP contribution in [0.5, 0.6) is 0 Å². The van der Waals surface area contributed by atoms with Gasteiger partial charge >= 0.3 is 0 Å². The SMILES string of the molecule is CCC1(CC)CNc2ccc(CCO[Si](c3ccccc3)(c3ccccc3)C(C)(C)C)cc2C1. The summed E-state index contributed by atoms with van der Waals surface area (Å²) in [6, 6.07) is 28.9. The van der Waals surface area contributed by atoms with E-state index in [0.29, 0.717) is 5.41 Å². The highest BCUT2D eigenvalue weighted by Crippen LogP contribution is 2.39. The average Bonchev–Trinajstić information content (AvgIpc) is 2.86. The van der Waals surface area contributed by atoms with Gasteiger partial charge in [-0.3, -0.25) is 0 Å². The van der Waals surface area contributed by atoms with Crippen molar-refractivity contribution in [1.82, 2.24) is 0 Å². The van der Waals surface area contributed by atoms with Gasteiger partial charge in [0.1, 0.15) is 0 Å². The van der Waals surface area contributed by atoms with E-state index in [1.807, 2.05) is 0 Å².